The second-order valence-electron chi connectivity index (χ2n) is 4.10. The first kappa shape index (κ1) is 9.69. The van der Waals surface area contributed by atoms with Crippen LogP contribution in [0.1, 0.15) is 29.9 Å². The van der Waals surface area contributed by atoms with Crippen molar-refractivity contribution >= 4 is 0 Å². The molecule has 2 rings (SSSR count). The van der Waals surface area contributed by atoms with E-state index in [9.17, 15) is 0 Å². The minimum atomic E-state index is 0.122. The fourth-order valence-corrected chi connectivity index (χ4v) is 2.40. The van der Waals surface area contributed by atoms with Crippen molar-refractivity contribution in [1.82, 2.24) is 0 Å². The Labute approximate surface area is 85.3 Å². The molecule has 0 saturated carbocycles. The molecule has 0 fully saturated rings. The van der Waals surface area contributed by atoms with Crippen LogP contribution in [0.4, 0.5) is 0 Å². The molecule has 0 heterocycles. The highest BCUT2D eigenvalue weighted by Gasteiger charge is 2.23. The maximum Gasteiger partial charge on any atom is 0.0232 e. The number of hydrogen-bond donors (Lipinski definition) is 2. The molecule has 2 atom stereocenters. The number of nitrogens with two attached hydrogens (primary N) is 2. The lowest BCUT2D eigenvalue weighted by atomic mass is 9.79. The van der Waals surface area contributed by atoms with Crippen LogP contribution in [0.25, 0.3) is 0 Å². The Hall–Kier alpha value is -0.860. The third-order valence-corrected chi connectivity index (χ3v) is 3.20. The standard InChI is InChI=1S/C12H18N2/c13-8-12(14)11-7-3-5-9-4-1-2-6-10(9)11/h1-2,4,6,11-12H,3,5,7-8,13-14H2. The summed E-state index contributed by atoms with van der Waals surface area (Å²) in [6.45, 7) is 0.582. The Morgan fingerprint density at radius 1 is 1.36 bits per heavy atom. The van der Waals surface area contributed by atoms with Gasteiger partial charge in [0.2, 0.25) is 0 Å². The van der Waals surface area contributed by atoms with Crippen LogP contribution in [0.15, 0.2) is 24.3 Å². The van der Waals surface area contributed by atoms with Gasteiger partial charge in [-0.3, -0.25) is 0 Å². The summed E-state index contributed by atoms with van der Waals surface area (Å²) in [7, 11) is 0. The van der Waals surface area contributed by atoms with Gasteiger partial charge in [0.15, 0.2) is 0 Å². The Balaban J connectivity index is 2.30. The topological polar surface area (TPSA) is 52.0 Å². The molecule has 2 unspecified atom stereocenters. The fourth-order valence-electron chi connectivity index (χ4n) is 2.40. The number of rotatable bonds is 2. The van der Waals surface area contributed by atoms with Crippen molar-refractivity contribution in [2.75, 3.05) is 6.54 Å². The summed E-state index contributed by atoms with van der Waals surface area (Å²) >= 11 is 0. The van der Waals surface area contributed by atoms with Crippen molar-refractivity contribution in [1.29, 1.82) is 0 Å². The van der Waals surface area contributed by atoms with Crippen molar-refractivity contribution in [2.45, 2.75) is 31.2 Å². The summed E-state index contributed by atoms with van der Waals surface area (Å²) in [6, 6.07) is 8.74. The van der Waals surface area contributed by atoms with Crippen molar-refractivity contribution < 1.29 is 0 Å². The van der Waals surface area contributed by atoms with Crippen LogP contribution in [-0.4, -0.2) is 12.6 Å². The Morgan fingerprint density at radius 2 is 2.14 bits per heavy atom. The smallest absolute Gasteiger partial charge is 0.0232 e. The number of fused-ring (bicyclic) bond motifs is 1. The summed E-state index contributed by atoms with van der Waals surface area (Å²) in [6.07, 6.45) is 3.63. The maximum atomic E-state index is 6.04. The van der Waals surface area contributed by atoms with Gasteiger partial charge in [0.25, 0.3) is 0 Å². The lowest BCUT2D eigenvalue weighted by Crippen LogP contribution is -2.37. The molecule has 2 heteroatoms. The summed E-state index contributed by atoms with van der Waals surface area (Å²) in [4.78, 5) is 0. The first-order valence-corrected chi connectivity index (χ1v) is 5.36. The fraction of sp³-hybridized carbons (Fsp3) is 0.500. The van der Waals surface area contributed by atoms with Gasteiger partial charge in [-0.05, 0) is 30.4 Å². The molecule has 0 aliphatic heterocycles. The van der Waals surface area contributed by atoms with E-state index in [1.165, 1.54) is 30.4 Å². The van der Waals surface area contributed by atoms with E-state index in [1.807, 2.05) is 0 Å². The van der Waals surface area contributed by atoms with Crippen LogP contribution in [0, 0.1) is 0 Å². The Kier molecular flexibility index (Phi) is 2.85. The molecular formula is C12H18N2. The monoisotopic (exact) mass is 190 g/mol. The zero-order valence-electron chi connectivity index (χ0n) is 8.45. The van der Waals surface area contributed by atoms with Crippen molar-refractivity contribution in [3.8, 4) is 0 Å². The largest absolute Gasteiger partial charge is 0.329 e. The molecule has 1 aromatic carbocycles. The third kappa shape index (κ3) is 1.68. The molecule has 1 aromatic rings. The molecule has 76 valence electrons. The van der Waals surface area contributed by atoms with Gasteiger partial charge in [0.1, 0.15) is 0 Å². The van der Waals surface area contributed by atoms with E-state index in [4.69, 9.17) is 11.5 Å². The van der Waals surface area contributed by atoms with Crippen molar-refractivity contribution in [3.63, 3.8) is 0 Å². The first-order valence-electron chi connectivity index (χ1n) is 5.36. The van der Waals surface area contributed by atoms with E-state index in [0.29, 0.717) is 12.5 Å². The van der Waals surface area contributed by atoms with Gasteiger partial charge in [-0.2, -0.15) is 0 Å². The van der Waals surface area contributed by atoms with E-state index in [1.54, 1.807) is 0 Å². The van der Waals surface area contributed by atoms with Crippen molar-refractivity contribution in [2.24, 2.45) is 11.5 Å². The third-order valence-electron chi connectivity index (χ3n) is 3.20. The van der Waals surface area contributed by atoms with Gasteiger partial charge in [0, 0.05) is 18.5 Å². The SMILES string of the molecule is NCC(N)C1CCCc2ccccc21. The predicted molar refractivity (Wildman–Crippen MR) is 59.2 cm³/mol. The minimum Gasteiger partial charge on any atom is -0.329 e. The second kappa shape index (κ2) is 4.11. The molecule has 14 heavy (non-hydrogen) atoms. The maximum absolute atomic E-state index is 6.04. The Bertz CT molecular complexity index is 309. The van der Waals surface area contributed by atoms with E-state index in [2.05, 4.69) is 24.3 Å². The van der Waals surface area contributed by atoms with E-state index in [0.717, 1.165) is 0 Å². The minimum absolute atomic E-state index is 0.122. The number of aryl methyl sites for hydroxylation is 1. The molecule has 0 radical (unpaired) electrons. The molecule has 0 saturated heterocycles. The summed E-state index contributed by atoms with van der Waals surface area (Å²) in [5, 5.41) is 0. The van der Waals surface area contributed by atoms with Crippen LogP contribution in [0.5, 0.6) is 0 Å². The van der Waals surface area contributed by atoms with Gasteiger partial charge >= 0.3 is 0 Å². The van der Waals surface area contributed by atoms with Gasteiger partial charge in [-0.15, -0.1) is 0 Å². The number of benzene rings is 1. The highest BCUT2D eigenvalue weighted by Crippen LogP contribution is 2.32. The molecule has 0 amide bonds. The van der Waals surface area contributed by atoms with Gasteiger partial charge < -0.3 is 11.5 Å². The summed E-state index contributed by atoms with van der Waals surface area (Å²) in [5.41, 5.74) is 14.6. The molecule has 0 bridgehead atoms. The molecule has 0 spiro atoms. The molecule has 2 nitrogen and oxygen atoms in total. The number of hydrogen-bond acceptors (Lipinski definition) is 2. The average Bonchev–Trinajstić information content (AvgIpc) is 2.27. The van der Waals surface area contributed by atoms with Gasteiger partial charge in [-0.25, -0.2) is 0 Å². The van der Waals surface area contributed by atoms with Crippen LogP contribution in [0.3, 0.4) is 0 Å². The lowest BCUT2D eigenvalue weighted by molar-refractivity contribution is 0.467. The summed E-state index contributed by atoms with van der Waals surface area (Å²) < 4.78 is 0. The van der Waals surface area contributed by atoms with E-state index in [-0.39, 0.29) is 6.04 Å². The van der Waals surface area contributed by atoms with Gasteiger partial charge in [-0.1, -0.05) is 24.3 Å². The van der Waals surface area contributed by atoms with Gasteiger partial charge in [0.05, 0.1) is 0 Å². The summed E-state index contributed by atoms with van der Waals surface area (Å²) in [5.74, 6) is 0.477. The zero-order chi connectivity index (χ0) is 9.97. The Morgan fingerprint density at radius 3 is 2.93 bits per heavy atom. The van der Waals surface area contributed by atoms with Crippen LogP contribution in [0.2, 0.25) is 0 Å². The molecular weight excluding hydrogens is 172 g/mol. The predicted octanol–water partition coefficient (Wildman–Crippen LogP) is 1.39. The van der Waals surface area contributed by atoms with Crippen LogP contribution in [-0.2, 0) is 6.42 Å². The highest BCUT2D eigenvalue weighted by molar-refractivity contribution is 5.33. The first-order chi connectivity index (χ1) is 6.83. The van der Waals surface area contributed by atoms with Crippen LogP contribution < -0.4 is 11.5 Å². The molecule has 1 aliphatic carbocycles. The molecule has 1 aliphatic rings. The van der Waals surface area contributed by atoms with E-state index >= 15 is 0 Å². The van der Waals surface area contributed by atoms with Crippen molar-refractivity contribution in [3.05, 3.63) is 35.4 Å². The normalized spacial score (nSPS) is 22.9. The van der Waals surface area contributed by atoms with E-state index < -0.39 is 0 Å². The highest BCUT2D eigenvalue weighted by atomic mass is 14.7. The zero-order valence-corrected chi connectivity index (χ0v) is 8.45. The average molecular weight is 190 g/mol. The van der Waals surface area contributed by atoms with Crippen LogP contribution >= 0.6 is 0 Å². The second-order valence-corrected chi connectivity index (χ2v) is 4.10. The lowest BCUT2D eigenvalue weighted by Gasteiger charge is -2.29. The quantitative estimate of drug-likeness (QED) is 0.740. The molecule has 0 aromatic heterocycles. The molecule has 4 N–H and O–H groups in total.